The molecule has 0 unspecified atom stereocenters. The molecule has 0 atom stereocenters. The van der Waals surface area contributed by atoms with Gasteiger partial charge in [0.1, 0.15) is 12.4 Å². The van der Waals surface area contributed by atoms with Crippen molar-refractivity contribution in [2.45, 2.75) is 19.5 Å². The Balaban J connectivity index is 1.85. The van der Waals surface area contributed by atoms with Gasteiger partial charge in [0.05, 0.1) is 5.57 Å². The molecule has 0 fully saturated rings. The summed E-state index contributed by atoms with van der Waals surface area (Å²) in [6.07, 6.45) is 0.698. The number of aromatic nitrogens is 2. The van der Waals surface area contributed by atoms with E-state index in [0.29, 0.717) is 12.0 Å². The standard InChI is InChI=1S/C16H18F3N7O/c1-2-7-25(10-16(17,18)19)13-5-8-26-14(23-13)11(9-21-26)15(27)22-12-4-3-6-20-24-12/h3-6,8,21H,2,7,9-10H2,1H3,(H,22,24,27). The SMILES string of the molecule is CCCN(CC(F)(F)F)C1=NC2=C(C(=O)Nc3cccnn3)CNN2C=C1. The Labute approximate surface area is 153 Å². The van der Waals surface area contributed by atoms with Gasteiger partial charge in [-0.05, 0) is 24.6 Å². The summed E-state index contributed by atoms with van der Waals surface area (Å²) in [5.74, 6) is 0.247. The topological polar surface area (TPSA) is 85.8 Å². The molecule has 11 heteroatoms. The number of hydrazine groups is 1. The van der Waals surface area contributed by atoms with E-state index in [-0.39, 0.29) is 30.6 Å². The summed E-state index contributed by atoms with van der Waals surface area (Å²) in [4.78, 5) is 18.0. The number of carbonyl (C=O) groups is 1. The number of alkyl halides is 3. The largest absolute Gasteiger partial charge is 0.405 e. The molecule has 0 aliphatic carbocycles. The molecule has 1 amide bonds. The number of hydrogen-bond donors (Lipinski definition) is 2. The Hall–Kier alpha value is -2.95. The fourth-order valence-electron chi connectivity index (χ4n) is 2.67. The van der Waals surface area contributed by atoms with E-state index >= 15 is 0 Å². The molecule has 0 saturated heterocycles. The highest BCUT2D eigenvalue weighted by Gasteiger charge is 2.34. The van der Waals surface area contributed by atoms with Gasteiger partial charge in [-0.3, -0.25) is 9.80 Å². The highest BCUT2D eigenvalue weighted by Crippen LogP contribution is 2.24. The van der Waals surface area contributed by atoms with Crippen molar-refractivity contribution in [3.05, 3.63) is 42.0 Å². The number of amides is 1. The van der Waals surface area contributed by atoms with Crippen molar-refractivity contribution in [2.24, 2.45) is 4.99 Å². The first-order chi connectivity index (χ1) is 12.9. The lowest BCUT2D eigenvalue weighted by Crippen LogP contribution is -2.40. The van der Waals surface area contributed by atoms with Crippen LogP contribution in [0.5, 0.6) is 0 Å². The molecule has 0 saturated carbocycles. The van der Waals surface area contributed by atoms with E-state index in [4.69, 9.17) is 0 Å². The van der Waals surface area contributed by atoms with Crippen molar-refractivity contribution in [3.63, 3.8) is 0 Å². The molecule has 0 bridgehead atoms. The van der Waals surface area contributed by atoms with Crippen LogP contribution in [-0.4, -0.2) is 57.7 Å². The molecule has 27 heavy (non-hydrogen) atoms. The van der Waals surface area contributed by atoms with Gasteiger partial charge in [0.15, 0.2) is 11.6 Å². The molecule has 3 heterocycles. The first-order valence-electron chi connectivity index (χ1n) is 8.31. The number of carbonyl (C=O) groups excluding carboxylic acids is 1. The summed E-state index contributed by atoms with van der Waals surface area (Å²) in [5, 5.41) is 11.6. The van der Waals surface area contributed by atoms with E-state index in [1.165, 1.54) is 17.3 Å². The maximum absolute atomic E-state index is 12.9. The van der Waals surface area contributed by atoms with Crippen molar-refractivity contribution in [2.75, 3.05) is 25.0 Å². The second kappa shape index (κ2) is 7.74. The summed E-state index contributed by atoms with van der Waals surface area (Å²) in [5.41, 5.74) is 3.24. The normalized spacial score (nSPS) is 16.3. The fourth-order valence-corrected chi connectivity index (χ4v) is 2.67. The van der Waals surface area contributed by atoms with Crippen LogP contribution in [0.1, 0.15) is 13.3 Å². The van der Waals surface area contributed by atoms with Gasteiger partial charge >= 0.3 is 6.18 Å². The van der Waals surface area contributed by atoms with Crippen LogP contribution in [0.4, 0.5) is 19.0 Å². The minimum Gasteiger partial charge on any atom is -0.347 e. The monoisotopic (exact) mass is 381 g/mol. The molecule has 2 aliphatic rings. The highest BCUT2D eigenvalue weighted by molar-refractivity contribution is 6.05. The molecule has 3 rings (SSSR count). The molecule has 0 spiro atoms. The summed E-state index contributed by atoms with van der Waals surface area (Å²) in [6, 6.07) is 3.21. The lowest BCUT2D eigenvalue weighted by atomic mass is 10.2. The molecule has 2 N–H and O–H groups in total. The van der Waals surface area contributed by atoms with Crippen LogP contribution in [0.2, 0.25) is 0 Å². The molecule has 144 valence electrons. The van der Waals surface area contributed by atoms with E-state index < -0.39 is 18.6 Å². The van der Waals surface area contributed by atoms with Crippen molar-refractivity contribution in [1.29, 1.82) is 0 Å². The van der Waals surface area contributed by atoms with Gasteiger partial charge in [0, 0.05) is 25.5 Å². The van der Waals surface area contributed by atoms with Crippen molar-refractivity contribution < 1.29 is 18.0 Å². The van der Waals surface area contributed by atoms with Crippen molar-refractivity contribution in [1.82, 2.24) is 25.5 Å². The minimum absolute atomic E-state index is 0.161. The minimum atomic E-state index is -4.35. The van der Waals surface area contributed by atoms with Crippen LogP contribution >= 0.6 is 0 Å². The first-order valence-corrected chi connectivity index (χ1v) is 8.31. The number of rotatable bonds is 5. The Morgan fingerprint density at radius 2 is 2.26 bits per heavy atom. The summed E-state index contributed by atoms with van der Waals surface area (Å²) in [6.45, 7) is 1.07. The predicted molar refractivity (Wildman–Crippen MR) is 92.0 cm³/mol. The van der Waals surface area contributed by atoms with E-state index in [9.17, 15) is 18.0 Å². The van der Waals surface area contributed by atoms with Crippen LogP contribution in [0.25, 0.3) is 0 Å². The number of amidine groups is 1. The van der Waals surface area contributed by atoms with E-state index in [1.807, 2.05) is 0 Å². The summed E-state index contributed by atoms with van der Waals surface area (Å²) < 4.78 is 38.6. The van der Waals surface area contributed by atoms with Crippen molar-refractivity contribution >= 4 is 17.6 Å². The molecule has 1 aromatic rings. The van der Waals surface area contributed by atoms with E-state index in [1.54, 1.807) is 25.3 Å². The predicted octanol–water partition coefficient (Wildman–Crippen LogP) is 1.65. The van der Waals surface area contributed by atoms with Gasteiger partial charge in [-0.2, -0.15) is 18.3 Å². The molecule has 1 aromatic heterocycles. The maximum atomic E-state index is 12.9. The molecule has 8 nitrogen and oxygen atoms in total. The summed E-state index contributed by atoms with van der Waals surface area (Å²) in [7, 11) is 0. The van der Waals surface area contributed by atoms with E-state index in [0.717, 1.165) is 4.90 Å². The zero-order valence-electron chi connectivity index (χ0n) is 14.5. The Morgan fingerprint density at radius 1 is 1.44 bits per heavy atom. The molecular formula is C16H18F3N7O. The van der Waals surface area contributed by atoms with Gasteiger partial charge in [0.25, 0.3) is 5.91 Å². The average Bonchev–Trinajstić information content (AvgIpc) is 3.04. The summed E-state index contributed by atoms with van der Waals surface area (Å²) >= 11 is 0. The lowest BCUT2D eigenvalue weighted by Gasteiger charge is -2.28. The number of halogens is 3. The third kappa shape index (κ3) is 4.61. The second-order valence-electron chi connectivity index (χ2n) is 5.89. The highest BCUT2D eigenvalue weighted by atomic mass is 19.4. The number of anilines is 1. The van der Waals surface area contributed by atoms with E-state index in [2.05, 4.69) is 25.9 Å². The van der Waals surface area contributed by atoms with Crippen LogP contribution in [-0.2, 0) is 4.79 Å². The molecule has 0 radical (unpaired) electrons. The van der Waals surface area contributed by atoms with Gasteiger partial charge in [-0.15, -0.1) is 5.10 Å². The van der Waals surface area contributed by atoms with Crippen LogP contribution < -0.4 is 10.7 Å². The third-order valence-electron chi connectivity index (χ3n) is 3.79. The van der Waals surface area contributed by atoms with Gasteiger partial charge in [0.2, 0.25) is 0 Å². The number of hydrogen-bond acceptors (Lipinski definition) is 7. The third-order valence-corrected chi connectivity index (χ3v) is 3.79. The van der Waals surface area contributed by atoms with Crippen LogP contribution in [0.3, 0.4) is 0 Å². The zero-order chi connectivity index (χ0) is 19.4. The Bertz CT molecular complexity index is 789. The maximum Gasteiger partial charge on any atom is 0.405 e. The lowest BCUT2D eigenvalue weighted by molar-refractivity contribution is -0.137. The second-order valence-corrected chi connectivity index (χ2v) is 5.89. The average molecular weight is 381 g/mol. The quantitative estimate of drug-likeness (QED) is 0.807. The van der Waals surface area contributed by atoms with Crippen molar-refractivity contribution in [3.8, 4) is 0 Å². The smallest absolute Gasteiger partial charge is 0.347 e. The first kappa shape index (κ1) is 18.8. The number of aliphatic imine (C=N–C) groups is 1. The number of fused-ring (bicyclic) bond motifs is 1. The van der Waals surface area contributed by atoms with Crippen LogP contribution in [0.15, 0.2) is 47.0 Å². The molecule has 2 aliphatic heterocycles. The van der Waals surface area contributed by atoms with Gasteiger partial charge < -0.3 is 10.2 Å². The Kier molecular flexibility index (Phi) is 5.40. The molecule has 0 aromatic carbocycles. The van der Waals surface area contributed by atoms with Gasteiger partial charge in [-0.25, -0.2) is 10.4 Å². The number of nitrogens with one attached hydrogen (secondary N) is 2. The molecular weight excluding hydrogens is 363 g/mol. The van der Waals surface area contributed by atoms with Gasteiger partial charge in [-0.1, -0.05) is 6.92 Å². The Morgan fingerprint density at radius 3 is 2.93 bits per heavy atom. The zero-order valence-corrected chi connectivity index (χ0v) is 14.5. The number of nitrogens with zero attached hydrogens (tertiary/aromatic N) is 5. The fraction of sp³-hybridized carbons (Fsp3) is 0.375. The van der Waals surface area contributed by atoms with Crippen LogP contribution in [0, 0.1) is 0 Å².